The molecule has 2 aromatic rings. The van der Waals surface area contributed by atoms with E-state index in [1.807, 2.05) is 49.4 Å². The van der Waals surface area contributed by atoms with E-state index in [2.05, 4.69) is 20.8 Å². The van der Waals surface area contributed by atoms with Crippen molar-refractivity contribution in [3.05, 3.63) is 59.2 Å². The molecule has 0 radical (unpaired) electrons. The number of piperidine rings is 1. The third-order valence-electron chi connectivity index (χ3n) is 7.21. The molecule has 2 aliphatic rings. The Bertz CT molecular complexity index is 1200. The highest BCUT2D eigenvalue weighted by atomic mass is 16.5. The maximum atomic E-state index is 14.1. The number of anilines is 1. The Hall–Kier alpha value is -3.39. The average molecular weight is 523 g/mol. The van der Waals surface area contributed by atoms with Crippen LogP contribution in [0.5, 0.6) is 5.75 Å². The molecule has 0 aliphatic carbocycles. The highest BCUT2D eigenvalue weighted by molar-refractivity contribution is 6.00. The van der Waals surface area contributed by atoms with Crippen molar-refractivity contribution in [2.24, 2.45) is 11.3 Å². The van der Waals surface area contributed by atoms with Crippen molar-refractivity contribution in [3.63, 3.8) is 0 Å². The molecule has 0 aromatic heterocycles. The number of carboxylic acids is 1. The summed E-state index contributed by atoms with van der Waals surface area (Å²) in [5.74, 6) is -1.09. The molecule has 2 unspecified atom stereocenters. The smallest absolute Gasteiger partial charge is 0.306 e. The van der Waals surface area contributed by atoms with Gasteiger partial charge in [0, 0.05) is 36.4 Å². The minimum Gasteiger partial charge on any atom is -0.496 e. The number of benzene rings is 2. The van der Waals surface area contributed by atoms with Crippen molar-refractivity contribution < 1.29 is 29.0 Å². The van der Waals surface area contributed by atoms with Crippen molar-refractivity contribution in [2.75, 3.05) is 31.6 Å². The molecule has 2 aliphatic heterocycles. The molecule has 0 bridgehead atoms. The Kier molecular flexibility index (Phi) is 8.11. The lowest BCUT2D eigenvalue weighted by Crippen LogP contribution is -2.47. The Morgan fingerprint density at radius 2 is 1.76 bits per heavy atom. The van der Waals surface area contributed by atoms with Crippen molar-refractivity contribution in [1.29, 1.82) is 0 Å². The van der Waals surface area contributed by atoms with Gasteiger partial charge in [-0.05, 0) is 37.3 Å². The van der Waals surface area contributed by atoms with E-state index in [1.54, 1.807) is 16.9 Å². The number of hydrogen-bond acceptors (Lipinski definition) is 5. The summed E-state index contributed by atoms with van der Waals surface area (Å²) >= 11 is 0. The zero-order chi connectivity index (χ0) is 27.6. The van der Waals surface area contributed by atoms with Gasteiger partial charge in [-0.25, -0.2) is 0 Å². The van der Waals surface area contributed by atoms with E-state index in [-0.39, 0.29) is 23.7 Å². The maximum Gasteiger partial charge on any atom is 0.306 e. The Morgan fingerprint density at radius 3 is 2.39 bits per heavy atom. The van der Waals surface area contributed by atoms with Crippen LogP contribution < -0.4 is 9.64 Å². The molecule has 0 saturated carbocycles. The zero-order valence-electron chi connectivity index (χ0n) is 22.9. The second kappa shape index (κ2) is 11.2. The number of amides is 2. The second-order valence-corrected chi connectivity index (χ2v) is 11.5. The van der Waals surface area contributed by atoms with Crippen molar-refractivity contribution in [1.82, 2.24) is 4.90 Å². The van der Waals surface area contributed by atoms with Gasteiger partial charge in [-0.15, -0.1) is 0 Å². The fourth-order valence-corrected chi connectivity index (χ4v) is 5.28. The molecular weight excluding hydrogens is 484 g/mol. The van der Waals surface area contributed by atoms with Gasteiger partial charge in [-0.2, -0.15) is 0 Å². The molecule has 38 heavy (non-hydrogen) atoms. The number of para-hydroxylation sites is 1. The first-order chi connectivity index (χ1) is 18.0. The Balaban J connectivity index is 1.73. The number of rotatable bonds is 6. The fourth-order valence-electron chi connectivity index (χ4n) is 5.28. The number of ether oxygens (including phenoxy) is 2. The summed E-state index contributed by atoms with van der Waals surface area (Å²) in [6, 6.07) is 13.6. The summed E-state index contributed by atoms with van der Waals surface area (Å²) in [4.78, 5) is 42.2. The summed E-state index contributed by atoms with van der Waals surface area (Å²) in [6.07, 6.45) is -0.929. The molecule has 8 nitrogen and oxygen atoms in total. The highest BCUT2D eigenvalue weighted by Gasteiger charge is 2.40. The van der Waals surface area contributed by atoms with Crippen molar-refractivity contribution >= 4 is 23.5 Å². The number of methoxy groups -OCH3 is 1. The van der Waals surface area contributed by atoms with Crippen LogP contribution in [-0.4, -0.2) is 60.6 Å². The normalized spacial score (nSPS) is 20.6. The van der Waals surface area contributed by atoms with E-state index in [4.69, 9.17) is 9.47 Å². The van der Waals surface area contributed by atoms with Gasteiger partial charge >= 0.3 is 5.97 Å². The van der Waals surface area contributed by atoms with Gasteiger partial charge in [0.1, 0.15) is 18.0 Å². The SMILES string of the molecule is COc1ccccc1C1OC(CC(=O)N2CCC(C(=O)O)CC2)C(=O)N(CC(C)(C)C)c2ccc(C)cc21. The van der Waals surface area contributed by atoms with Crippen molar-refractivity contribution in [3.8, 4) is 5.75 Å². The van der Waals surface area contributed by atoms with Crippen LogP contribution in [-0.2, 0) is 19.1 Å². The Morgan fingerprint density at radius 1 is 1.08 bits per heavy atom. The third kappa shape index (κ3) is 6.01. The summed E-state index contributed by atoms with van der Waals surface area (Å²) in [5, 5.41) is 9.31. The van der Waals surface area contributed by atoms with E-state index in [0.29, 0.717) is 38.2 Å². The number of aryl methyl sites for hydroxylation is 1. The van der Waals surface area contributed by atoms with Crippen LogP contribution in [0.4, 0.5) is 5.69 Å². The molecule has 204 valence electrons. The van der Waals surface area contributed by atoms with Gasteiger partial charge in [0.25, 0.3) is 5.91 Å². The molecule has 2 heterocycles. The molecule has 8 heteroatoms. The highest BCUT2D eigenvalue weighted by Crippen LogP contribution is 2.42. The summed E-state index contributed by atoms with van der Waals surface area (Å²) in [6.45, 7) is 9.40. The molecule has 1 N–H and O–H groups in total. The average Bonchev–Trinajstić information content (AvgIpc) is 2.98. The van der Waals surface area contributed by atoms with Crippen LogP contribution in [0.25, 0.3) is 0 Å². The number of nitrogens with zero attached hydrogens (tertiary/aromatic N) is 2. The monoisotopic (exact) mass is 522 g/mol. The first-order valence-electron chi connectivity index (χ1n) is 13.2. The zero-order valence-corrected chi connectivity index (χ0v) is 22.9. The number of aliphatic carboxylic acids is 1. The van der Waals surface area contributed by atoms with Crippen LogP contribution in [0.3, 0.4) is 0 Å². The minimum atomic E-state index is -1.01. The quantitative estimate of drug-likeness (QED) is 0.597. The van der Waals surface area contributed by atoms with Gasteiger partial charge in [0.05, 0.1) is 19.4 Å². The largest absolute Gasteiger partial charge is 0.496 e. The predicted octanol–water partition coefficient (Wildman–Crippen LogP) is 4.58. The summed E-state index contributed by atoms with van der Waals surface area (Å²) in [7, 11) is 1.60. The Labute approximate surface area is 224 Å². The summed E-state index contributed by atoms with van der Waals surface area (Å²) in [5.41, 5.74) is 3.24. The predicted molar refractivity (Wildman–Crippen MR) is 144 cm³/mol. The summed E-state index contributed by atoms with van der Waals surface area (Å²) < 4.78 is 12.2. The lowest BCUT2D eigenvalue weighted by atomic mass is 9.93. The maximum absolute atomic E-state index is 14.1. The van der Waals surface area contributed by atoms with E-state index >= 15 is 0 Å². The van der Waals surface area contributed by atoms with Crippen LogP contribution in [0.15, 0.2) is 42.5 Å². The molecule has 2 atom stereocenters. The van der Waals surface area contributed by atoms with Gasteiger partial charge in [0.15, 0.2) is 0 Å². The van der Waals surface area contributed by atoms with Crippen LogP contribution in [0, 0.1) is 18.3 Å². The van der Waals surface area contributed by atoms with Crippen LogP contribution in [0.1, 0.15) is 62.8 Å². The molecule has 1 saturated heterocycles. The number of carbonyl (C=O) groups is 3. The van der Waals surface area contributed by atoms with E-state index in [1.165, 1.54) is 0 Å². The van der Waals surface area contributed by atoms with E-state index in [9.17, 15) is 19.5 Å². The first kappa shape index (κ1) is 27.6. The molecule has 0 spiro atoms. The van der Waals surface area contributed by atoms with Crippen molar-refractivity contribution in [2.45, 2.75) is 59.2 Å². The lowest BCUT2D eigenvalue weighted by Gasteiger charge is -2.33. The number of likely N-dealkylation sites (tertiary alicyclic amines) is 1. The molecule has 4 rings (SSSR count). The van der Waals surface area contributed by atoms with Gasteiger partial charge in [0.2, 0.25) is 5.91 Å². The van der Waals surface area contributed by atoms with E-state index in [0.717, 1.165) is 22.4 Å². The first-order valence-corrected chi connectivity index (χ1v) is 13.2. The fraction of sp³-hybridized carbons (Fsp3) is 0.500. The number of carboxylic acid groups (broad SMARTS) is 1. The third-order valence-corrected chi connectivity index (χ3v) is 7.21. The minimum absolute atomic E-state index is 0.115. The number of fused-ring (bicyclic) bond motifs is 1. The molecular formula is C30H38N2O6. The van der Waals surface area contributed by atoms with Crippen LogP contribution >= 0.6 is 0 Å². The lowest BCUT2D eigenvalue weighted by molar-refractivity contribution is -0.148. The molecule has 2 aromatic carbocycles. The molecule has 1 fully saturated rings. The van der Waals surface area contributed by atoms with Gasteiger partial charge in [-0.3, -0.25) is 14.4 Å². The number of carbonyl (C=O) groups excluding carboxylic acids is 2. The number of hydrogen-bond donors (Lipinski definition) is 1. The van der Waals surface area contributed by atoms with Gasteiger partial charge < -0.3 is 24.4 Å². The van der Waals surface area contributed by atoms with E-state index < -0.39 is 24.1 Å². The molecule has 2 amide bonds. The van der Waals surface area contributed by atoms with Crippen LogP contribution in [0.2, 0.25) is 0 Å². The second-order valence-electron chi connectivity index (χ2n) is 11.5. The standard InChI is InChI=1S/C30H38N2O6/c1-19-10-11-23-22(16-19)27(21-8-6-7-9-24(21)37-5)38-25(28(34)32(23)18-30(2,3)4)17-26(33)31-14-12-20(13-15-31)29(35)36/h6-11,16,20,25,27H,12-15,17-18H2,1-5H3,(H,35,36). The van der Waals surface area contributed by atoms with Gasteiger partial charge in [-0.1, -0.05) is 56.7 Å². The topological polar surface area (TPSA) is 96.4 Å².